The average molecular weight is 405 g/mol. The van der Waals surface area contributed by atoms with Crippen LogP contribution in [0.5, 0.6) is 5.75 Å². The summed E-state index contributed by atoms with van der Waals surface area (Å²) in [4.78, 5) is 17.6. The number of rotatable bonds is 4. The molecule has 0 radical (unpaired) electrons. The van der Waals surface area contributed by atoms with Crippen molar-refractivity contribution in [2.24, 2.45) is 4.99 Å². The molecule has 0 aliphatic rings. The molecule has 8 heteroatoms. The van der Waals surface area contributed by atoms with E-state index in [4.69, 9.17) is 4.74 Å². The molecule has 0 spiro atoms. The van der Waals surface area contributed by atoms with Gasteiger partial charge in [0.2, 0.25) is 0 Å². The Labute approximate surface area is 161 Å². The van der Waals surface area contributed by atoms with Gasteiger partial charge in [0.1, 0.15) is 11.3 Å². The number of carbonyl (C=O) groups excluding carboxylic acids is 1. The molecule has 0 atom stereocenters. The maximum Gasteiger partial charge on any atom is 0.279 e. The zero-order chi connectivity index (χ0) is 19.8. The number of hydrogen-bond donors (Lipinski definition) is 0. The van der Waals surface area contributed by atoms with Gasteiger partial charge < -0.3 is 9.30 Å². The lowest BCUT2D eigenvalue weighted by Crippen LogP contribution is -2.16. The molecule has 0 unspecified atom stereocenters. The van der Waals surface area contributed by atoms with Crippen LogP contribution >= 0.6 is 11.3 Å². The van der Waals surface area contributed by atoms with E-state index >= 15 is 0 Å². The lowest BCUT2D eigenvalue weighted by atomic mass is 10.2. The number of methoxy groups -OCH3 is 1. The first-order valence-electron chi connectivity index (χ1n) is 8.32. The molecule has 6 nitrogen and oxygen atoms in total. The van der Waals surface area contributed by atoms with E-state index in [1.165, 1.54) is 23.5 Å². The number of hydrogen-bond acceptors (Lipinski definition) is 5. The number of carbonyl (C=O) groups is 1. The SMILES string of the molecule is CCn1c(=NC(=O)c2cccc(S(C)(=O)=O)c2)sc2c(C)ccc(OC)c21. The van der Waals surface area contributed by atoms with Crippen LogP contribution in [-0.2, 0) is 16.4 Å². The number of aryl methyl sites for hydroxylation is 2. The Kier molecular flexibility index (Phi) is 5.21. The van der Waals surface area contributed by atoms with Gasteiger partial charge in [-0.15, -0.1) is 0 Å². The van der Waals surface area contributed by atoms with Gasteiger partial charge in [0.15, 0.2) is 14.6 Å². The molecule has 0 bridgehead atoms. The minimum Gasteiger partial charge on any atom is -0.495 e. The average Bonchev–Trinajstić information content (AvgIpc) is 3.00. The molecule has 0 saturated carbocycles. The summed E-state index contributed by atoms with van der Waals surface area (Å²) in [6.07, 6.45) is 1.11. The Morgan fingerprint density at radius 2 is 2.00 bits per heavy atom. The highest BCUT2D eigenvalue weighted by Crippen LogP contribution is 2.30. The van der Waals surface area contributed by atoms with E-state index in [0.29, 0.717) is 11.3 Å². The molecule has 1 aromatic heterocycles. The van der Waals surface area contributed by atoms with Gasteiger partial charge in [-0.2, -0.15) is 4.99 Å². The number of amides is 1. The van der Waals surface area contributed by atoms with Gasteiger partial charge in [-0.1, -0.05) is 23.5 Å². The first-order chi connectivity index (χ1) is 12.8. The van der Waals surface area contributed by atoms with Gasteiger partial charge in [0, 0.05) is 18.4 Å². The number of thiazole rings is 1. The molecular weight excluding hydrogens is 384 g/mol. The van der Waals surface area contributed by atoms with Crippen molar-refractivity contribution in [3.63, 3.8) is 0 Å². The summed E-state index contributed by atoms with van der Waals surface area (Å²) < 4.78 is 31.9. The Balaban J connectivity index is 2.19. The zero-order valence-corrected chi connectivity index (χ0v) is 17.1. The van der Waals surface area contributed by atoms with Gasteiger partial charge in [0.25, 0.3) is 5.91 Å². The van der Waals surface area contributed by atoms with Crippen LogP contribution in [-0.4, -0.2) is 32.3 Å². The molecule has 0 fully saturated rings. The second-order valence-corrected chi connectivity index (χ2v) is 9.10. The van der Waals surface area contributed by atoms with Crippen LogP contribution in [0.2, 0.25) is 0 Å². The summed E-state index contributed by atoms with van der Waals surface area (Å²) in [5, 5.41) is 0. The van der Waals surface area contributed by atoms with E-state index in [-0.39, 0.29) is 10.5 Å². The molecule has 0 saturated heterocycles. The third-order valence-electron chi connectivity index (χ3n) is 4.23. The van der Waals surface area contributed by atoms with Gasteiger partial charge in [-0.25, -0.2) is 8.42 Å². The number of aromatic nitrogens is 1. The largest absolute Gasteiger partial charge is 0.495 e. The van der Waals surface area contributed by atoms with Gasteiger partial charge in [-0.3, -0.25) is 4.79 Å². The number of sulfone groups is 1. The first-order valence-corrected chi connectivity index (χ1v) is 11.0. The molecule has 1 heterocycles. The van der Waals surface area contributed by atoms with Gasteiger partial charge >= 0.3 is 0 Å². The molecule has 0 N–H and O–H groups in total. The fourth-order valence-electron chi connectivity index (χ4n) is 2.83. The van der Waals surface area contributed by atoms with Gasteiger partial charge in [-0.05, 0) is 43.7 Å². The van der Waals surface area contributed by atoms with Crippen molar-refractivity contribution in [1.29, 1.82) is 0 Å². The molecule has 142 valence electrons. The lowest BCUT2D eigenvalue weighted by Gasteiger charge is -2.07. The Morgan fingerprint density at radius 1 is 1.26 bits per heavy atom. The third-order valence-corrected chi connectivity index (χ3v) is 6.55. The lowest BCUT2D eigenvalue weighted by molar-refractivity contribution is 0.0997. The molecular formula is C19H20N2O4S2. The van der Waals surface area contributed by atoms with Crippen LogP contribution in [0, 0.1) is 6.92 Å². The summed E-state index contributed by atoms with van der Waals surface area (Å²) in [7, 11) is -1.78. The Bertz CT molecular complexity index is 1200. The van der Waals surface area contributed by atoms with Gasteiger partial charge in [0.05, 0.1) is 16.7 Å². The number of ether oxygens (including phenoxy) is 1. The van der Waals surface area contributed by atoms with Crippen LogP contribution in [0.3, 0.4) is 0 Å². The highest BCUT2D eigenvalue weighted by Gasteiger charge is 2.15. The minimum absolute atomic E-state index is 0.0979. The first kappa shape index (κ1) is 19.3. The van der Waals surface area contributed by atoms with Crippen LogP contribution in [0.1, 0.15) is 22.8 Å². The zero-order valence-electron chi connectivity index (χ0n) is 15.5. The molecule has 2 aromatic carbocycles. The maximum atomic E-state index is 12.7. The van der Waals surface area contributed by atoms with Crippen LogP contribution in [0.25, 0.3) is 10.2 Å². The number of benzene rings is 2. The monoisotopic (exact) mass is 404 g/mol. The molecule has 1 amide bonds. The standard InChI is InChI=1S/C19H20N2O4S2/c1-5-21-16-15(25-3)10-9-12(2)17(16)26-19(21)20-18(22)13-7-6-8-14(11-13)27(4,23)24/h6-11H,5H2,1-4H3. The minimum atomic E-state index is -3.39. The second kappa shape index (κ2) is 7.28. The highest BCUT2D eigenvalue weighted by molar-refractivity contribution is 7.90. The second-order valence-electron chi connectivity index (χ2n) is 6.11. The predicted octanol–water partition coefficient (Wildman–Crippen LogP) is 3.18. The molecule has 3 aromatic rings. The van der Waals surface area contributed by atoms with Crippen molar-refractivity contribution in [2.75, 3.05) is 13.4 Å². The summed E-state index contributed by atoms with van der Waals surface area (Å²) in [6.45, 7) is 4.59. The van der Waals surface area contributed by atoms with Crippen molar-refractivity contribution >= 4 is 37.3 Å². The predicted molar refractivity (Wildman–Crippen MR) is 106 cm³/mol. The van der Waals surface area contributed by atoms with Crippen LogP contribution in [0.15, 0.2) is 46.3 Å². The van der Waals surface area contributed by atoms with E-state index in [0.717, 1.165) is 27.8 Å². The molecule has 27 heavy (non-hydrogen) atoms. The normalized spacial score (nSPS) is 12.5. The van der Waals surface area contributed by atoms with Crippen molar-refractivity contribution in [2.45, 2.75) is 25.3 Å². The van der Waals surface area contributed by atoms with Crippen molar-refractivity contribution < 1.29 is 17.9 Å². The van der Waals surface area contributed by atoms with E-state index in [2.05, 4.69) is 4.99 Å². The van der Waals surface area contributed by atoms with E-state index < -0.39 is 15.7 Å². The van der Waals surface area contributed by atoms with Crippen LogP contribution in [0.4, 0.5) is 0 Å². The molecule has 0 aliphatic heterocycles. The topological polar surface area (TPSA) is 77.7 Å². The third kappa shape index (κ3) is 3.68. The van der Waals surface area contributed by atoms with Crippen LogP contribution < -0.4 is 9.54 Å². The highest BCUT2D eigenvalue weighted by atomic mass is 32.2. The number of fused-ring (bicyclic) bond motifs is 1. The van der Waals surface area contributed by atoms with Crippen molar-refractivity contribution in [3.05, 3.63) is 52.3 Å². The van der Waals surface area contributed by atoms with Crippen molar-refractivity contribution in [3.8, 4) is 5.75 Å². The Hall–Kier alpha value is -2.45. The fraction of sp³-hybridized carbons (Fsp3) is 0.263. The van der Waals surface area contributed by atoms with Crippen molar-refractivity contribution in [1.82, 2.24) is 4.57 Å². The smallest absolute Gasteiger partial charge is 0.279 e. The summed E-state index contributed by atoms with van der Waals surface area (Å²) >= 11 is 1.41. The summed E-state index contributed by atoms with van der Waals surface area (Å²) in [6, 6.07) is 9.81. The number of nitrogens with zero attached hydrogens (tertiary/aromatic N) is 2. The Morgan fingerprint density at radius 3 is 2.63 bits per heavy atom. The van der Waals surface area contributed by atoms with E-state index in [9.17, 15) is 13.2 Å². The fourth-order valence-corrected chi connectivity index (χ4v) is 4.68. The molecule has 3 rings (SSSR count). The van der Waals surface area contributed by atoms with E-state index in [1.807, 2.05) is 30.5 Å². The summed E-state index contributed by atoms with van der Waals surface area (Å²) in [5.41, 5.74) is 2.22. The maximum absolute atomic E-state index is 12.7. The molecule has 0 aliphatic carbocycles. The quantitative estimate of drug-likeness (QED) is 0.669. The summed E-state index contributed by atoms with van der Waals surface area (Å²) in [5.74, 6) is 0.243. The van der Waals surface area contributed by atoms with E-state index in [1.54, 1.807) is 19.2 Å².